The van der Waals surface area contributed by atoms with E-state index < -0.39 is 0 Å². The lowest BCUT2D eigenvalue weighted by atomic mass is 10.3. The normalized spacial score (nSPS) is 12.6. The van der Waals surface area contributed by atoms with Crippen molar-refractivity contribution in [3.63, 3.8) is 0 Å². The summed E-state index contributed by atoms with van der Waals surface area (Å²) in [4.78, 5) is 13.7. The van der Waals surface area contributed by atoms with Crippen LogP contribution in [-0.2, 0) is 4.79 Å². The maximum absolute atomic E-state index is 12.0. The van der Waals surface area contributed by atoms with Crippen LogP contribution in [-0.4, -0.2) is 39.3 Å². The van der Waals surface area contributed by atoms with Crippen molar-refractivity contribution in [1.29, 1.82) is 0 Å². The zero-order chi connectivity index (χ0) is 13.0. The van der Waals surface area contributed by atoms with Crippen molar-refractivity contribution < 1.29 is 4.79 Å². The molecule has 1 amide bonds. The number of hydrogen-bond acceptors (Lipinski definition) is 4. The summed E-state index contributed by atoms with van der Waals surface area (Å²) in [6.07, 6.45) is 0. The van der Waals surface area contributed by atoms with Gasteiger partial charge in [0.1, 0.15) is 5.03 Å². The van der Waals surface area contributed by atoms with Gasteiger partial charge in [-0.15, -0.1) is 10.2 Å². The standard InChI is InChI=1S/C11H16ClN3OS/c1-7(2)15(4)11(16)8(3)17-10-6-5-9(12)13-14-10/h5-8H,1-4H3/t8-/m1/s1. The molecule has 0 saturated heterocycles. The smallest absolute Gasteiger partial charge is 0.235 e. The summed E-state index contributed by atoms with van der Waals surface area (Å²) in [7, 11) is 1.80. The van der Waals surface area contributed by atoms with Gasteiger partial charge in [-0.25, -0.2) is 0 Å². The van der Waals surface area contributed by atoms with Crippen molar-refractivity contribution >= 4 is 29.3 Å². The minimum absolute atomic E-state index is 0.0850. The second kappa shape index (κ2) is 6.21. The van der Waals surface area contributed by atoms with Gasteiger partial charge >= 0.3 is 0 Å². The van der Waals surface area contributed by atoms with E-state index in [0.717, 1.165) is 0 Å². The highest BCUT2D eigenvalue weighted by Gasteiger charge is 2.20. The molecule has 0 aliphatic carbocycles. The fraction of sp³-hybridized carbons (Fsp3) is 0.545. The average Bonchev–Trinajstić information content (AvgIpc) is 2.30. The fourth-order valence-corrected chi connectivity index (χ4v) is 2.10. The molecule has 1 aromatic rings. The van der Waals surface area contributed by atoms with Gasteiger partial charge < -0.3 is 4.90 Å². The molecule has 0 spiro atoms. The molecule has 6 heteroatoms. The number of carbonyl (C=O) groups is 1. The third-order valence-electron chi connectivity index (χ3n) is 2.38. The first-order chi connectivity index (χ1) is 7.91. The molecular weight excluding hydrogens is 258 g/mol. The van der Waals surface area contributed by atoms with Crippen LogP contribution in [0.15, 0.2) is 17.2 Å². The Hall–Kier alpha value is -0.810. The Morgan fingerprint density at radius 3 is 2.47 bits per heavy atom. The van der Waals surface area contributed by atoms with E-state index in [1.54, 1.807) is 24.1 Å². The molecule has 0 aliphatic rings. The number of thioether (sulfide) groups is 1. The second-order valence-corrected chi connectivity index (χ2v) is 5.75. The van der Waals surface area contributed by atoms with Gasteiger partial charge in [-0.3, -0.25) is 4.79 Å². The fourth-order valence-electron chi connectivity index (χ4n) is 1.14. The van der Waals surface area contributed by atoms with Gasteiger partial charge in [-0.2, -0.15) is 0 Å². The van der Waals surface area contributed by atoms with Crippen LogP contribution in [0.4, 0.5) is 0 Å². The lowest BCUT2D eigenvalue weighted by molar-refractivity contribution is -0.130. The van der Waals surface area contributed by atoms with E-state index >= 15 is 0 Å². The second-order valence-electron chi connectivity index (χ2n) is 4.00. The monoisotopic (exact) mass is 273 g/mol. The summed E-state index contributed by atoms with van der Waals surface area (Å²) in [6.45, 7) is 5.83. The number of nitrogens with zero attached hydrogens (tertiary/aromatic N) is 3. The molecule has 0 N–H and O–H groups in total. The quantitative estimate of drug-likeness (QED) is 0.791. The molecule has 94 valence electrons. The van der Waals surface area contributed by atoms with E-state index in [1.165, 1.54) is 11.8 Å². The predicted octanol–water partition coefficient (Wildman–Crippen LogP) is 2.48. The number of hydrogen-bond donors (Lipinski definition) is 0. The number of amides is 1. The van der Waals surface area contributed by atoms with Crippen LogP contribution in [0.3, 0.4) is 0 Å². The van der Waals surface area contributed by atoms with E-state index in [0.29, 0.717) is 10.2 Å². The minimum Gasteiger partial charge on any atom is -0.342 e. The summed E-state index contributed by atoms with van der Waals surface area (Å²) < 4.78 is 0. The lowest BCUT2D eigenvalue weighted by Gasteiger charge is -2.24. The maximum Gasteiger partial charge on any atom is 0.235 e. The van der Waals surface area contributed by atoms with Crippen molar-refractivity contribution in [3.05, 3.63) is 17.3 Å². The highest BCUT2D eigenvalue weighted by atomic mass is 35.5. The molecule has 0 bridgehead atoms. The predicted molar refractivity (Wildman–Crippen MR) is 70.3 cm³/mol. The van der Waals surface area contributed by atoms with Crippen molar-refractivity contribution in [2.24, 2.45) is 0 Å². The number of halogens is 1. The molecule has 1 aromatic heterocycles. The minimum atomic E-state index is -0.183. The van der Waals surface area contributed by atoms with Crippen molar-refractivity contribution in [3.8, 4) is 0 Å². The molecule has 0 aliphatic heterocycles. The van der Waals surface area contributed by atoms with Crippen molar-refractivity contribution in [2.75, 3.05) is 7.05 Å². The highest BCUT2D eigenvalue weighted by molar-refractivity contribution is 8.00. The zero-order valence-corrected chi connectivity index (χ0v) is 11.9. The van der Waals surface area contributed by atoms with Crippen LogP contribution >= 0.6 is 23.4 Å². The first kappa shape index (κ1) is 14.3. The summed E-state index contributed by atoms with van der Waals surface area (Å²) >= 11 is 7.03. The van der Waals surface area contributed by atoms with Crippen LogP contribution in [0.1, 0.15) is 20.8 Å². The van der Waals surface area contributed by atoms with Gasteiger partial charge in [0.05, 0.1) is 5.25 Å². The molecular formula is C11H16ClN3OS. The summed E-state index contributed by atoms with van der Waals surface area (Å²) in [5, 5.41) is 8.53. The van der Waals surface area contributed by atoms with Crippen LogP contribution in [0.2, 0.25) is 5.15 Å². The van der Waals surface area contributed by atoms with Crippen LogP contribution in [0, 0.1) is 0 Å². The molecule has 1 heterocycles. The number of rotatable bonds is 4. The zero-order valence-electron chi connectivity index (χ0n) is 10.3. The Morgan fingerprint density at radius 1 is 1.35 bits per heavy atom. The Kier molecular flexibility index (Phi) is 5.21. The topological polar surface area (TPSA) is 46.1 Å². The maximum atomic E-state index is 12.0. The van der Waals surface area contributed by atoms with Crippen LogP contribution in [0.5, 0.6) is 0 Å². The third-order valence-corrected chi connectivity index (χ3v) is 3.59. The Bertz CT molecular complexity index is 383. The Balaban J connectivity index is 2.63. The molecule has 1 atom stereocenters. The molecule has 0 unspecified atom stereocenters. The van der Waals surface area contributed by atoms with Crippen LogP contribution in [0.25, 0.3) is 0 Å². The van der Waals surface area contributed by atoms with Crippen molar-refractivity contribution in [1.82, 2.24) is 15.1 Å². The molecule has 0 radical (unpaired) electrons. The van der Waals surface area contributed by atoms with E-state index in [2.05, 4.69) is 10.2 Å². The van der Waals surface area contributed by atoms with E-state index in [4.69, 9.17) is 11.6 Å². The Morgan fingerprint density at radius 2 is 2.00 bits per heavy atom. The molecule has 1 rings (SSSR count). The van der Waals surface area contributed by atoms with Gasteiger partial charge in [-0.1, -0.05) is 23.4 Å². The van der Waals surface area contributed by atoms with Gasteiger partial charge in [0.2, 0.25) is 5.91 Å². The molecule has 17 heavy (non-hydrogen) atoms. The first-order valence-electron chi connectivity index (χ1n) is 5.34. The van der Waals surface area contributed by atoms with Gasteiger partial charge in [0, 0.05) is 13.1 Å². The first-order valence-corrected chi connectivity index (χ1v) is 6.60. The van der Waals surface area contributed by atoms with Crippen LogP contribution < -0.4 is 0 Å². The van der Waals surface area contributed by atoms with Gasteiger partial charge in [0.25, 0.3) is 0 Å². The summed E-state index contributed by atoms with van der Waals surface area (Å²) in [5.74, 6) is 0.0850. The molecule has 0 saturated carbocycles. The van der Waals surface area contributed by atoms with Crippen molar-refractivity contribution in [2.45, 2.75) is 37.1 Å². The summed E-state index contributed by atoms with van der Waals surface area (Å²) in [5.41, 5.74) is 0. The van der Waals surface area contributed by atoms with Gasteiger partial charge in [0.15, 0.2) is 5.15 Å². The Labute approximate surface area is 111 Å². The number of carbonyl (C=O) groups excluding carboxylic acids is 1. The average molecular weight is 274 g/mol. The lowest BCUT2D eigenvalue weighted by Crippen LogP contribution is -2.38. The van der Waals surface area contributed by atoms with E-state index in [1.807, 2.05) is 20.8 Å². The third kappa shape index (κ3) is 4.16. The molecule has 0 fully saturated rings. The van der Waals surface area contributed by atoms with E-state index in [9.17, 15) is 4.79 Å². The van der Waals surface area contributed by atoms with E-state index in [-0.39, 0.29) is 17.2 Å². The number of aromatic nitrogens is 2. The molecule has 0 aromatic carbocycles. The highest BCUT2D eigenvalue weighted by Crippen LogP contribution is 2.22. The molecule has 4 nitrogen and oxygen atoms in total. The van der Waals surface area contributed by atoms with Gasteiger partial charge in [-0.05, 0) is 32.9 Å². The SMILES string of the molecule is CC(C)N(C)C(=O)[C@@H](C)Sc1ccc(Cl)nn1. The largest absolute Gasteiger partial charge is 0.342 e. The summed E-state index contributed by atoms with van der Waals surface area (Å²) in [6, 6.07) is 3.63.